The second-order valence-electron chi connectivity index (χ2n) is 3.76. The number of Topliss-reactive ketones (excluding diaryl/α,β-unsaturated/α-hetero) is 1. The second-order valence-corrected chi connectivity index (χ2v) is 3.76. The van der Waals surface area contributed by atoms with E-state index in [-0.39, 0.29) is 11.5 Å². The van der Waals surface area contributed by atoms with Crippen LogP contribution in [0.4, 0.5) is 0 Å². The summed E-state index contributed by atoms with van der Waals surface area (Å²) in [6.07, 6.45) is 1.19. The number of nitrogens with zero attached hydrogens (tertiary/aromatic N) is 1. The van der Waals surface area contributed by atoms with Crippen molar-refractivity contribution in [3.8, 4) is 5.75 Å². The number of carbonyl (C=O) groups excluding carboxylic acids is 1. The maximum Gasteiger partial charge on any atom is 0.196 e. The Labute approximate surface area is 85.5 Å². The topological polar surface area (TPSA) is 63.3 Å². The van der Waals surface area contributed by atoms with E-state index in [9.17, 15) is 9.90 Å². The van der Waals surface area contributed by atoms with Gasteiger partial charge in [-0.3, -0.25) is 4.79 Å². The predicted octanol–water partition coefficient (Wildman–Crippen LogP) is 1.97. The Balaban J connectivity index is 2.47. The Hall–Kier alpha value is -1.84. The maximum absolute atomic E-state index is 11.5. The highest BCUT2D eigenvalue weighted by Crippen LogP contribution is 2.35. The van der Waals surface area contributed by atoms with Gasteiger partial charge in [-0.05, 0) is 18.1 Å². The van der Waals surface area contributed by atoms with E-state index in [0.717, 1.165) is 5.56 Å². The van der Waals surface area contributed by atoms with Crippen molar-refractivity contribution in [2.45, 2.75) is 19.8 Å². The lowest BCUT2D eigenvalue weighted by Crippen LogP contribution is -1.91. The highest BCUT2D eigenvalue weighted by Gasteiger charge is 2.25. The van der Waals surface area contributed by atoms with Crippen LogP contribution >= 0.6 is 0 Å². The van der Waals surface area contributed by atoms with Gasteiger partial charge in [0.15, 0.2) is 23.0 Å². The molecule has 0 saturated carbocycles. The average Bonchev–Trinajstić information content (AvgIpc) is 2.71. The molecule has 2 aromatic rings. The smallest absolute Gasteiger partial charge is 0.196 e. The summed E-state index contributed by atoms with van der Waals surface area (Å²) in [5.74, 6) is 0.579. The number of phenolic OH excluding ortho intramolecular Hbond substituents is 1. The minimum Gasteiger partial charge on any atom is -0.504 e. The third-order valence-electron chi connectivity index (χ3n) is 2.76. The molecule has 4 heteroatoms. The zero-order valence-electron chi connectivity index (χ0n) is 8.20. The molecule has 0 saturated heterocycles. The number of aromatic hydroxyl groups is 1. The van der Waals surface area contributed by atoms with Gasteiger partial charge >= 0.3 is 0 Å². The molecular formula is C11H9NO3. The largest absolute Gasteiger partial charge is 0.504 e. The molecule has 1 heterocycles. The van der Waals surface area contributed by atoms with E-state index in [1.54, 1.807) is 6.92 Å². The van der Waals surface area contributed by atoms with E-state index in [1.165, 1.54) is 6.07 Å². The molecule has 0 amide bonds. The van der Waals surface area contributed by atoms with Crippen LogP contribution in [0.15, 0.2) is 10.5 Å². The van der Waals surface area contributed by atoms with E-state index < -0.39 is 0 Å². The van der Waals surface area contributed by atoms with Crippen LogP contribution in [0.1, 0.15) is 28.2 Å². The molecule has 1 aromatic carbocycles. The van der Waals surface area contributed by atoms with Crippen molar-refractivity contribution in [2.75, 3.05) is 0 Å². The summed E-state index contributed by atoms with van der Waals surface area (Å²) < 4.78 is 5.29. The SMILES string of the molecule is Cc1nc2c3c(cc(O)c2o1)C(=O)CC3. The van der Waals surface area contributed by atoms with Gasteiger partial charge in [-0.15, -0.1) is 0 Å². The molecule has 0 spiro atoms. The zero-order valence-corrected chi connectivity index (χ0v) is 8.20. The molecule has 0 bridgehead atoms. The normalized spacial score (nSPS) is 14.9. The quantitative estimate of drug-likeness (QED) is 0.711. The highest BCUT2D eigenvalue weighted by atomic mass is 16.4. The second kappa shape index (κ2) is 2.59. The van der Waals surface area contributed by atoms with Crippen LogP contribution in [0, 0.1) is 6.92 Å². The van der Waals surface area contributed by atoms with Gasteiger partial charge in [-0.25, -0.2) is 4.98 Å². The molecule has 1 aliphatic carbocycles. The van der Waals surface area contributed by atoms with Gasteiger partial charge in [0.1, 0.15) is 5.52 Å². The molecule has 1 aliphatic rings. The molecular weight excluding hydrogens is 194 g/mol. The van der Waals surface area contributed by atoms with Crippen LogP contribution in [0.25, 0.3) is 11.1 Å². The molecule has 1 aromatic heterocycles. The summed E-state index contributed by atoms with van der Waals surface area (Å²) in [6.45, 7) is 1.72. The number of oxazole rings is 1. The molecule has 0 fully saturated rings. The summed E-state index contributed by atoms with van der Waals surface area (Å²) in [7, 11) is 0. The fourth-order valence-electron chi connectivity index (χ4n) is 2.10. The fraction of sp³-hybridized carbons (Fsp3) is 0.273. The number of phenols is 1. The van der Waals surface area contributed by atoms with Gasteiger partial charge in [-0.1, -0.05) is 0 Å². The van der Waals surface area contributed by atoms with Crippen molar-refractivity contribution in [1.29, 1.82) is 0 Å². The van der Waals surface area contributed by atoms with E-state index in [0.29, 0.717) is 35.4 Å². The van der Waals surface area contributed by atoms with Gasteiger partial charge < -0.3 is 9.52 Å². The van der Waals surface area contributed by atoms with E-state index in [4.69, 9.17) is 4.42 Å². The van der Waals surface area contributed by atoms with Gasteiger partial charge in [0, 0.05) is 18.9 Å². The number of carbonyl (C=O) groups is 1. The standard InChI is InChI=1S/C11H9NO3/c1-5-12-10-6-2-3-8(13)7(6)4-9(14)11(10)15-5/h4,14H,2-3H2,1H3. The summed E-state index contributed by atoms with van der Waals surface area (Å²) in [4.78, 5) is 15.7. The van der Waals surface area contributed by atoms with Crippen molar-refractivity contribution >= 4 is 16.9 Å². The lowest BCUT2D eigenvalue weighted by molar-refractivity contribution is 0.0994. The van der Waals surface area contributed by atoms with Gasteiger partial charge in [0.25, 0.3) is 0 Å². The Morgan fingerprint density at radius 3 is 3.07 bits per heavy atom. The molecule has 0 aliphatic heterocycles. The first kappa shape index (κ1) is 8.47. The van der Waals surface area contributed by atoms with Crippen LogP contribution in [-0.2, 0) is 6.42 Å². The van der Waals surface area contributed by atoms with Crippen molar-refractivity contribution < 1.29 is 14.3 Å². The third-order valence-corrected chi connectivity index (χ3v) is 2.76. The van der Waals surface area contributed by atoms with Crippen molar-refractivity contribution in [1.82, 2.24) is 4.98 Å². The summed E-state index contributed by atoms with van der Waals surface area (Å²) >= 11 is 0. The van der Waals surface area contributed by atoms with Crippen LogP contribution in [-0.4, -0.2) is 15.9 Å². The van der Waals surface area contributed by atoms with Crippen molar-refractivity contribution in [3.05, 3.63) is 23.1 Å². The van der Waals surface area contributed by atoms with Crippen LogP contribution in [0.5, 0.6) is 5.75 Å². The number of rotatable bonds is 0. The lowest BCUT2D eigenvalue weighted by Gasteiger charge is -1.99. The van der Waals surface area contributed by atoms with Gasteiger partial charge in [-0.2, -0.15) is 0 Å². The number of benzene rings is 1. The number of hydrogen-bond acceptors (Lipinski definition) is 4. The maximum atomic E-state index is 11.5. The molecule has 15 heavy (non-hydrogen) atoms. The summed E-state index contributed by atoms with van der Waals surface area (Å²) in [5.41, 5.74) is 2.52. The minimum absolute atomic E-state index is 0.000370. The van der Waals surface area contributed by atoms with Crippen molar-refractivity contribution in [2.24, 2.45) is 0 Å². The Bertz CT molecular complexity index is 583. The van der Waals surface area contributed by atoms with Crippen LogP contribution in [0.3, 0.4) is 0 Å². The molecule has 0 atom stereocenters. The van der Waals surface area contributed by atoms with Gasteiger partial charge in [0.2, 0.25) is 0 Å². The number of aromatic nitrogens is 1. The van der Waals surface area contributed by atoms with Crippen LogP contribution < -0.4 is 0 Å². The lowest BCUT2D eigenvalue weighted by atomic mass is 10.1. The number of fused-ring (bicyclic) bond motifs is 3. The predicted molar refractivity (Wildman–Crippen MR) is 53.1 cm³/mol. The van der Waals surface area contributed by atoms with E-state index >= 15 is 0 Å². The fourth-order valence-corrected chi connectivity index (χ4v) is 2.10. The van der Waals surface area contributed by atoms with Gasteiger partial charge in [0.05, 0.1) is 0 Å². The Morgan fingerprint density at radius 2 is 2.27 bits per heavy atom. The molecule has 0 radical (unpaired) electrons. The van der Waals surface area contributed by atoms with Crippen LogP contribution in [0.2, 0.25) is 0 Å². The third kappa shape index (κ3) is 1.02. The monoisotopic (exact) mass is 203 g/mol. The molecule has 3 rings (SSSR count). The molecule has 4 nitrogen and oxygen atoms in total. The van der Waals surface area contributed by atoms with E-state index in [2.05, 4.69) is 4.98 Å². The number of hydrogen-bond donors (Lipinski definition) is 1. The first-order valence-corrected chi connectivity index (χ1v) is 4.82. The minimum atomic E-state index is -0.000370. The number of aryl methyl sites for hydroxylation is 2. The molecule has 76 valence electrons. The average molecular weight is 203 g/mol. The highest BCUT2D eigenvalue weighted by molar-refractivity contribution is 6.05. The summed E-state index contributed by atoms with van der Waals surface area (Å²) in [6, 6.07) is 1.48. The first-order chi connectivity index (χ1) is 7.16. The van der Waals surface area contributed by atoms with E-state index in [1.807, 2.05) is 0 Å². The molecule has 1 N–H and O–H groups in total. The van der Waals surface area contributed by atoms with Crippen molar-refractivity contribution in [3.63, 3.8) is 0 Å². The summed E-state index contributed by atoms with van der Waals surface area (Å²) in [5, 5.41) is 9.68. The molecule has 0 unspecified atom stereocenters. The number of ketones is 1. The zero-order chi connectivity index (χ0) is 10.6. The Kier molecular flexibility index (Phi) is 1.46. The Morgan fingerprint density at radius 1 is 1.47 bits per heavy atom. The first-order valence-electron chi connectivity index (χ1n) is 4.82.